The predicted molar refractivity (Wildman–Crippen MR) is 151 cm³/mol. The number of alkyl halides is 3. The lowest BCUT2D eigenvalue weighted by atomic mass is 9.73. The first-order valence-corrected chi connectivity index (χ1v) is 14.4. The van der Waals surface area contributed by atoms with Crippen molar-refractivity contribution in [2.45, 2.75) is 67.2 Å². The summed E-state index contributed by atoms with van der Waals surface area (Å²) in [5.41, 5.74) is 6.54. The second-order valence-corrected chi connectivity index (χ2v) is 11.6. The highest BCUT2D eigenvalue weighted by molar-refractivity contribution is 7.99. The molecule has 3 N–H and O–H groups in total. The molecule has 1 saturated heterocycles. The highest BCUT2D eigenvalue weighted by Crippen LogP contribution is 2.48. The second-order valence-electron chi connectivity index (χ2n) is 10.6. The van der Waals surface area contributed by atoms with Crippen molar-refractivity contribution in [2.24, 2.45) is 5.41 Å². The van der Waals surface area contributed by atoms with E-state index < -0.39 is 11.9 Å². The number of anilines is 2. The van der Waals surface area contributed by atoms with Gasteiger partial charge in [0.2, 0.25) is 0 Å². The van der Waals surface area contributed by atoms with E-state index in [1.807, 2.05) is 17.0 Å². The number of nitriles is 1. The molecule has 2 aromatic heterocycles. The van der Waals surface area contributed by atoms with E-state index in [1.165, 1.54) is 17.7 Å². The van der Waals surface area contributed by atoms with Crippen LogP contribution in [0, 0.1) is 16.7 Å². The van der Waals surface area contributed by atoms with Gasteiger partial charge < -0.3 is 20.7 Å². The first-order chi connectivity index (χ1) is 19.6. The molecule has 8 nitrogen and oxygen atoms in total. The van der Waals surface area contributed by atoms with E-state index in [1.54, 1.807) is 7.11 Å². The van der Waals surface area contributed by atoms with Crippen molar-refractivity contribution >= 4 is 23.4 Å². The first-order valence-electron chi connectivity index (χ1n) is 13.6. The van der Waals surface area contributed by atoms with E-state index >= 15 is 0 Å². The van der Waals surface area contributed by atoms with Gasteiger partial charge in [-0.2, -0.15) is 18.4 Å². The molecule has 2 aliphatic rings. The van der Waals surface area contributed by atoms with Crippen LogP contribution in [0.2, 0.25) is 0 Å². The molecule has 3 aromatic rings. The number of piperidine rings is 1. The maximum absolute atomic E-state index is 13.4. The molecule has 1 spiro atoms. The number of hydrogen-bond donors (Lipinski definition) is 2. The van der Waals surface area contributed by atoms with Crippen molar-refractivity contribution < 1.29 is 17.9 Å². The molecule has 0 radical (unpaired) electrons. The maximum Gasteiger partial charge on any atom is 0.434 e. The molecule has 2 fully saturated rings. The van der Waals surface area contributed by atoms with E-state index in [4.69, 9.17) is 10.5 Å². The smallest absolute Gasteiger partial charge is 0.434 e. The highest BCUT2D eigenvalue weighted by atomic mass is 32.2. The van der Waals surface area contributed by atoms with Crippen LogP contribution in [0.1, 0.15) is 62.0 Å². The first kappa shape index (κ1) is 29.0. The quantitative estimate of drug-likeness (QED) is 0.346. The van der Waals surface area contributed by atoms with E-state index in [2.05, 4.69) is 45.4 Å². The average molecular weight is 584 g/mol. The number of nitrogens with one attached hydrogen (secondary N) is 1. The molecular weight excluding hydrogens is 551 g/mol. The summed E-state index contributed by atoms with van der Waals surface area (Å²) in [7, 11) is 1.66. The Labute approximate surface area is 241 Å². The third kappa shape index (κ3) is 6.06. The Morgan fingerprint density at radius 3 is 2.56 bits per heavy atom. The molecule has 216 valence electrons. The van der Waals surface area contributed by atoms with Crippen molar-refractivity contribution in [2.75, 3.05) is 30.8 Å². The molecule has 1 aliphatic carbocycles. The van der Waals surface area contributed by atoms with E-state index in [-0.39, 0.29) is 32.9 Å². The lowest BCUT2D eigenvalue weighted by molar-refractivity contribution is -0.143. The van der Waals surface area contributed by atoms with Crippen molar-refractivity contribution in [3.63, 3.8) is 0 Å². The largest absolute Gasteiger partial charge is 0.497 e. The maximum atomic E-state index is 13.4. The van der Waals surface area contributed by atoms with Gasteiger partial charge in [0.15, 0.2) is 23.0 Å². The molecule has 41 heavy (non-hydrogen) atoms. The fourth-order valence-corrected chi connectivity index (χ4v) is 6.94. The Morgan fingerprint density at radius 1 is 1.17 bits per heavy atom. The predicted octanol–water partition coefficient (Wildman–Crippen LogP) is 5.99. The number of nitrogen functional groups attached to an aromatic ring is 1. The fourth-order valence-electron chi connectivity index (χ4n) is 6.04. The van der Waals surface area contributed by atoms with Crippen LogP contribution in [0.4, 0.5) is 24.8 Å². The molecule has 1 saturated carbocycles. The van der Waals surface area contributed by atoms with Gasteiger partial charge in [0.25, 0.3) is 0 Å². The summed E-state index contributed by atoms with van der Waals surface area (Å²) >= 11 is 0.708. The summed E-state index contributed by atoms with van der Waals surface area (Å²) in [5, 5.41) is 13.8. The zero-order valence-electron chi connectivity index (χ0n) is 22.9. The van der Waals surface area contributed by atoms with Gasteiger partial charge in [0.05, 0.1) is 7.11 Å². The van der Waals surface area contributed by atoms with Crippen molar-refractivity contribution in [1.29, 1.82) is 5.26 Å². The third-order valence-corrected chi connectivity index (χ3v) is 9.30. The summed E-state index contributed by atoms with van der Waals surface area (Å²) in [6.45, 7) is 3.56. The number of rotatable bonds is 7. The molecule has 0 bridgehead atoms. The van der Waals surface area contributed by atoms with E-state index in [9.17, 15) is 18.4 Å². The number of pyridine rings is 1. The highest BCUT2D eigenvalue weighted by Gasteiger charge is 2.45. The molecule has 12 heteroatoms. The van der Waals surface area contributed by atoms with Gasteiger partial charge in [-0.15, -0.1) is 0 Å². The van der Waals surface area contributed by atoms with Crippen LogP contribution >= 0.6 is 11.8 Å². The Morgan fingerprint density at radius 2 is 1.90 bits per heavy atom. The van der Waals surface area contributed by atoms with Gasteiger partial charge in [0, 0.05) is 36.3 Å². The third-order valence-electron chi connectivity index (χ3n) is 8.25. The SMILES string of the molecule is COc1ccc([C@@H](C)N[C@H]2CCCC23CCN(c2nc(N)c(Sc4cccnc4C(F)(F)F)nc2C#N)CC3)cc1. The van der Waals surface area contributed by atoms with Crippen LogP contribution < -0.4 is 20.7 Å². The molecule has 5 rings (SSSR count). The lowest BCUT2D eigenvalue weighted by Gasteiger charge is -2.44. The normalized spacial score (nSPS) is 19.2. The summed E-state index contributed by atoms with van der Waals surface area (Å²) < 4.78 is 45.6. The van der Waals surface area contributed by atoms with Gasteiger partial charge in [-0.1, -0.05) is 30.3 Å². The zero-order chi connectivity index (χ0) is 29.2. The minimum Gasteiger partial charge on any atom is -0.497 e. The average Bonchev–Trinajstić information content (AvgIpc) is 3.34. The number of nitrogens with two attached hydrogens (primary N) is 1. The second kappa shape index (κ2) is 11.7. The molecule has 0 amide bonds. The summed E-state index contributed by atoms with van der Waals surface area (Å²) in [6, 6.07) is 13.5. The minimum atomic E-state index is -4.63. The van der Waals surface area contributed by atoms with Crippen molar-refractivity contribution in [3.05, 3.63) is 59.5 Å². The summed E-state index contributed by atoms with van der Waals surface area (Å²) in [6.07, 6.45) is 1.70. The molecule has 1 aliphatic heterocycles. The van der Waals surface area contributed by atoms with E-state index in [0.717, 1.165) is 44.1 Å². The Bertz CT molecular complexity index is 1420. The molecule has 3 heterocycles. The fraction of sp³-hybridized carbons (Fsp3) is 0.448. The molecule has 0 unspecified atom stereocenters. The number of ether oxygens (including phenoxy) is 1. The lowest BCUT2D eigenvalue weighted by Crippen LogP contribution is -2.49. The summed E-state index contributed by atoms with van der Waals surface area (Å²) in [5.74, 6) is 1.19. The topological polar surface area (TPSA) is 113 Å². The Kier molecular flexibility index (Phi) is 8.29. The Hall–Kier alpha value is -3.56. The molecule has 1 aromatic carbocycles. The van der Waals surface area contributed by atoms with Crippen LogP contribution in [0.25, 0.3) is 0 Å². The molecular formula is C29H32F3N7OS. The number of nitrogens with zero attached hydrogens (tertiary/aromatic N) is 5. The number of methoxy groups -OCH3 is 1. The number of benzene rings is 1. The van der Waals surface area contributed by atoms with E-state index in [0.29, 0.717) is 36.7 Å². The van der Waals surface area contributed by atoms with Gasteiger partial charge in [-0.3, -0.25) is 4.98 Å². The monoisotopic (exact) mass is 583 g/mol. The van der Waals surface area contributed by atoms with Gasteiger partial charge >= 0.3 is 6.18 Å². The van der Waals surface area contributed by atoms with Gasteiger partial charge in [0.1, 0.15) is 16.8 Å². The van der Waals surface area contributed by atoms with Crippen LogP contribution in [0.15, 0.2) is 52.5 Å². The van der Waals surface area contributed by atoms with Crippen LogP contribution in [0.3, 0.4) is 0 Å². The molecule has 2 atom stereocenters. The van der Waals surface area contributed by atoms with Gasteiger partial charge in [-0.05, 0) is 67.9 Å². The standard InChI is InChI=1S/C29H32F3N7OS/c1-18(19-7-9-20(40-2)10-8-19)36-23-6-3-11-28(23)12-15-39(16-13-28)26-21(17-33)37-27(25(34)38-26)41-22-5-4-14-35-24(22)29(30,31)32/h4-5,7-10,14,18,23,36H,3,6,11-13,15-16H2,1-2H3,(H2,34,38)/t18-,23+/m1/s1. The number of hydrogen-bond acceptors (Lipinski definition) is 9. The number of aromatic nitrogens is 3. The number of halogens is 3. The van der Waals surface area contributed by atoms with Crippen LogP contribution in [0.5, 0.6) is 5.75 Å². The Balaban J connectivity index is 1.29. The van der Waals surface area contributed by atoms with Gasteiger partial charge in [-0.25, -0.2) is 9.97 Å². The van der Waals surface area contributed by atoms with Crippen LogP contribution in [-0.2, 0) is 6.18 Å². The van der Waals surface area contributed by atoms with Crippen LogP contribution in [-0.4, -0.2) is 41.2 Å². The summed E-state index contributed by atoms with van der Waals surface area (Å²) in [4.78, 5) is 14.1. The zero-order valence-corrected chi connectivity index (χ0v) is 23.7. The minimum absolute atomic E-state index is 0.0185. The van der Waals surface area contributed by atoms with Crippen molar-refractivity contribution in [3.8, 4) is 11.8 Å². The van der Waals surface area contributed by atoms with Crippen molar-refractivity contribution in [1.82, 2.24) is 20.3 Å².